The van der Waals surface area contributed by atoms with Crippen LogP contribution in [0.5, 0.6) is 0 Å². The van der Waals surface area contributed by atoms with Crippen LogP contribution in [-0.4, -0.2) is 4.98 Å². The average molecular weight is 199 g/mol. The lowest BCUT2D eigenvalue weighted by molar-refractivity contribution is 1.27. The molecule has 0 unspecified atom stereocenters. The normalized spacial score (nSPS) is 9.93. The smallest absolute Gasteiger partial charge is 0.132 e. The van der Waals surface area contributed by atoms with Crippen molar-refractivity contribution in [3.05, 3.63) is 48.0 Å². The van der Waals surface area contributed by atoms with Gasteiger partial charge < -0.3 is 11.1 Å². The minimum Gasteiger partial charge on any atom is -0.383 e. The number of nitrogens with one attached hydrogen (secondary N) is 1. The molecular weight excluding hydrogens is 186 g/mol. The molecule has 0 saturated carbocycles. The Hall–Kier alpha value is -2.03. The maximum Gasteiger partial charge on any atom is 0.132 e. The van der Waals surface area contributed by atoms with E-state index in [4.69, 9.17) is 5.73 Å². The molecule has 76 valence electrons. The summed E-state index contributed by atoms with van der Waals surface area (Å²) in [6.45, 7) is 1.94. The van der Waals surface area contributed by atoms with E-state index in [-0.39, 0.29) is 0 Å². The van der Waals surface area contributed by atoms with Gasteiger partial charge >= 0.3 is 0 Å². The molecule has 0 aliphatic carbocycles. The molecule has 0 amide bonds. The second-order valence-electron chi connectivity index (χ2n) is 3.39. The highest BCUT2D eigenvalue weighted by Crippen LogP contribution is 2.16. The van der Waals surface area contributed by atoms with Gasteiger partial charge in [0.25, 0.3) is 0 Å². The van der Waals surface area contributed by atoms with Crippen LogP contribution < -0.4 is 11.1 Å². The summed E-state index contributed by atoms with van der Waals surface area (Å²) in [7, 11) is 0. The van der Waals surface area contributed by atoms with Gasteiger partial charge in [0, 0.05) is 5.69 Å². The van der Waals surface area contributed by atoms with Crippen molar-refractivity contribution >= 4 is 17.3 Å². The molecule has 3 nitrogen and oxygen atoms in total. The number of para-hydroxylation sites is 1. The summed E-state index contributed by atoms with van der Waals surface area (Å²) in [4.78, 5) is 4.23. The van der Waals surface area contributed by atoms with Crippen molar-refractivity contribution in [1.82, 2.24) is 4.98 Å². The number of nitrogens with two attached hydrogens (primary N) is 1. The summed E-state index contributed by atoms with van der Waals surface area (Å²) in [6.07, 6.45) is 0. The van der Waals surface area contributed by atoms with Crippen LogP contribution in [0.4, 0.5) is 17.3 Å². The first kappa shape index (κ1) is 9.52. The first-order chi connectivity index (χ1) is 7.25. The van der Waals surface area contributed by atoms with E-state index in [2.05, 4.69) is 10.3 Å². The zero-order chi connectivity index (χ0) is 10.7. The van der Waals surface area contributed by atoms with Crippen molar-refractivity contribution in [1.29, 1.82) is 0 Å². The van der Waals surface area contributed by atoms with Crippen molar-refractivity contribution in [2.75, 3.05) is 11.1 Å². The number of hydrogen-bond donors (Lipinski definition) is 2. The Kier molecular flexibility index (Phi) is 2.54. The number of benzene rings is 1. The van der Waals surface area contributed by atoms with Crippen molar-refractivity contribution in [2.45, 2.75) is 6.92 Å². The van der Waals surface area contributed by atoms with E-state index in [1.807, 2.05) is 49.4 Å². The van der Waals surface area contributed by atoms with Crippen molar-refractivity contribution in [2.24, 2.45) is 0 Å². The molecule has 0 atom stereocenters. The van der Waals surface area contributed by atoms with Crippen molar-refractivity contribution in [3.63, 3.8) is 0 Å². The van der Waals surface area contributed by atoms with Crippen LogP contribution in [0, 0.1) is 6.92 Å². The standard InChI is InChI=1S/C12H13N3/c1-9-7-8-11(15-12(9)13)14-10-5-3-2-4-6-10/h2-8H,1H3,(H3,13,14,15). The van der Waals surface area contributed by atoms with Crippen LogP contribution >= 0.6 is 0 Å². The third-order valence-electron chi connectivity index (χ3n) is 2.18. The number of hydrogen-bond acceptors (Lipinski definition) is 3. The van der Waals surface area contributed by atoms with Crippen LogP contribution in [0.25, 0.3) is 0 Å². The van der Waals surface area contributed by atoms with E-state index >= 15 is 0 Å². The largest absolute Gasteiger partial charge is 0.383 e. The molecule has 1 aromatic heterocycles. The van der Waals surface area contributed by atoms with Gasteiger partial charge in [-0.2, -0.15) is 0 Å². The number of anilines is 3. The number of aryl methyl sites for hydroxylation is 1. The molecule has 3 heteroatoms. The highest BCUT2D eigenvalue weighted by Gasteiger charge is 1.98. The highest BCUT2D eigenvalue weighted by molar-refractivity contribution is 5.58. The SMILES string of the molecule is Cc1ccc(Nc2ccccc2)nc1N. The third kappa shape index (κ3) is 2.26. The number of nitrogens with zero attached hydrogens (tertiary/aromatic N) is 1. The quantitative estimate of drug-likeness (QED) is 0.781. The lowest BCUT2D eigenvalue weighted by Crippen LogP contribution is -1.98. The molecule has 1 aromatic carbocycles. The lowest BCUT2D eigenvalue weighted by atomic mass is 10.3. The maximum atomic E-state index is 5.72. The number of nitrogen functional groups attached to an aromatic ring is 1. The molecule has 1 heterocycles. The topological polar surface area (TPSA) is 50.9 Å². The van der Waals surface area contributed by atoms with Gasteiger partial charge in [0.05, 0.1) is 0 Å². The summed E-state index contributed by atoms with van der Waals surface area (Å²) in [5.41, 5.74) is 7.72. The van der Waals surface area contributed by atoms with Gasteiger partial charge in [-0.3, -0.25) is 0 Å². The molecule has 0 saturated heterocycles. The molecule has 15 heavy (non-hydrogen) atoms. The summed E-state index contributed by atoms with van der Waals surface area (Å²) in [6, 6.07) is 13.8. The van der Waals surface area contributed by atoms with E-state index in [1.165, 1.54) is 0 Å². The fraction of sp³-hybridized carbons (Fsp3) is 0.0833. The van der Waals surface area contributed by atoms with E-state index in [9.17, 15) is 0 Å². The fourth-order valence-corrected chi connectivity index (χ4v) is 1.28. The summed E-state index contributed by atoms with van der Waals surface area (Å²) < 4.78 is 0. The van der Waals surface area contributed by atoms with Gasteiger partial charge in [-0.25, -0.2) is 4.98 Å². The first-order valence-corrected chi connectivity index (χ1v) is 4.81. The Balaban J connectivity index is 2.22. The van der Waals surface area contributed by atoms with E-state index in [1.54, 1.807) is 0 Å². The minimum absolute atomic E-state index is 0.566. The number of aromatic nitrogens is 1. The zero-order valence-corrected chi connectivity index (χ0v) is 8.57. The van der Waals surface area contributed by atoms with Crippen molar-refractivity contribution in [3.8, 4) is 0 Å². The predicted molar refractivity (Wildman–Crippen MR) is 63.1 cm³/mol. The summed E-state index contributed by atoms with van der Waals surface area (Å²) >= 11 is 0. The van der Waals surface area contributed by atoms with Gasteiger partial charge in [-0.1, -0.05) is 24.3 Å². The molecule has 0 fully saturated rings. The molecule has 0 spiro atoms. The average Bonchev–Trinajstić information content (AvgIpc) is 2.25. The Morgan fingerprint density at radius 1 is 1.07 bits per heavy atom. The molecule has 2 aromatic rings. The Labute approximate surface area is 89.0 Å². The van der Waals surface area contributed by atoms with Crippen LogP contribution in [-0.2, 0) is 0 Å². The Bertz CT molecular complexity index is 452. The first-order valence-electron chi connectivity index (χ1n) is 4.81. The molecule has 0 aliphatic rings. The molecule has 0 bridgehead atoms. The van der Waals surface area contributed by atoms with Gasteiger partial charge in [-0.15, -0.1) is 0 Å². The summed E-state index contributed by atoms with van der Waals surface area (Å²) in [5, 5.41) is 3.18. The molecule has 2 rings (SSSR count). The van der Waals surface area contributed by atoms with E-state index in [0.717, 1.165) is 17.1 Å². The minimum atomic E-state index is 0.566. The molecule has 3 N–H and O–H groups in total. The second-order valence-corrected chi connectivity index (χ2v) is 3.39. The van der Waals surface area contributed by atoms with Gasteiger partial charge in [0.2, 0.25) is 0 Å². The van der Waals surface area contributed by atoms with Crippen molar-refractivity contribution < 1.29 is 0 Å². The molecular formula is C12H13N3. The zero-order valence-electron chi connectivity index (χ0n) is 8.57. The Morgan fingerprint density at radius 3 is 2.47 bits per heavy atom. The molecule has 0 radical (unpaired) electrons. The lowest BCUT2D eigenvalue weighted by Gasteiger charge is -2.06. The van der Waals surface area contributed by atoms with Gasteiger partial charge in [-0.05, 0) is 30.7 Å². The van der Waals surface area contributed by atoms with Crippen LogP contribution in [0.1, 0.15) is 5.56 Å². The number of pyridine rings is 1. The second kappa shape index (κ2) is 4.00. The monoisotopic (exact) mass is 199 g/mol. The fourth-order valence-electron chi connectivity index (χ4n) is 1.28. The van der Waals surface area contributed by atoms with E-state index < -0.39 is 0 Å². The summed E-state index contributed by atoms with van der Waals surface area (Å²) in [5.74, 6) is 1.33. The third-order valence-corrected chi connectivity index (χ3v) is 2.18. The maximum absolute atomic E-state index is 5.72. The Morgan fingerprint density at radius 2 is 1.80 bits per heavy atom. The van der Waals surface area contributed by atoms with Crippen LogP contribution in [0.2, 0.25) is 0 Å². The van der Waals surface area contributed by atoms with Gasteiger partial charge in [0.15, 0.2) is 0 Å². The highest BCUT2D eigenvalue weighted by atomic mass is 15.0. The predicted octanol–water partition coefficient (Wildman–Crippen LogP) is 2.72. The number of rotatable bonds is 2. The molecule has 0 aliphatic heterocycles. The van der Waals surface area contributed by atoms with E-state index in [0.29, 0.717) is 5.82 Å². The van der Waals surface area contributed by atoms with Crippen LogP contribution in [0.15, 0.2) is 42.5 Å². The van der Waals surface area contributed by atoms with Gasteiger partial charge in [0.1, 0.15) is 11.6 Å². The van der Waals surface area contributed by atoms with Crippen LogP contribution in [0.3, 0.4) is 0 Å².